The predicted octanol–water partition coefficient (Wildman–Crippen LogP) is 4.28. The number of amides is 1. The van der Waals surface area contributed by atoms with Crippen LogP contribution in [0.4, 0.5) is 0 Å². The highest BCUT2D eigenvalue weighted by Crippen LogP contribution is 2.36. The van der Waals surface area contributed by atoms with E-state index in [0.717, 1.165) is 48.5 Å². The highest BCUT2D eigenvalue weighted by molar-refractivity contribution is 6.22. The maximum Gasteiger partial charge on any atom is 0.251 e. The molecule has 1 aliphatic heterocycles. The van der Waals surface area contributed by atoms with Crippen LogP contribution in [0.15, 0.2) is 42.5 Å². The van der Waals surface area contributed by atoms with E-state index in [-0.39, 0.29) is 17.7 Å². The zero-order chi connectivity index (χ0) is 19.8. The highest BCUT2D eigenvalue weighted by atomic mass is 16.1. The van der Waals surface area contributed by atoms with Crippen LogP contribution >= 0.6 is 0 Å². The Morgan fingerprint density at radius 1 is 0.897 bits per heavy atom. The zero-order valence-electron chi connectivity index (χ0n) is 16.8. The van der Waals surface area contributed by atoms with Gasteiger partial charge in [-0.1, -0.05) is 43.2 Å². The molecule has 2 fully saturated rings. The number of nitrogens with one attached hydrogen (secondary N) is 1. The molecule has 5 rings (SSSR count). The van der Waals surface area contributed by atoms with Gasteiger partial charge in [-0.05, 0) is 54.9 Å². The third-order valence-electron chi connectivity index (χ3n) is 6.90. The van der Waals surface area contributed by atoms with Crippen molar-refractivity contribution in [3.05, 3.63) is 59.2 Å². The van der Waals surface area contributed by atoms with Crippen molar-refractivity contribution in [2.45, 2.75) is 44.6 Å². The molecular weight excluding hydrogens is 360 g/mol. The summed E-state index contributed by atoms with van der Waals surface area (Å²) in [7, 11) is 0. The second kappa shape index (κ2) is 7.75. The normalized spacial score (nSPS) is 19.9. The van der Waals surface area contributed by atoms with Crippen LogP contribution in [0, 0.1) is 5.92 Å². The van der Waals surface area contributed by atoms with E-state index in [2.05, 4.69) is 10.2 Å². The van der Waals surface area contributed by atoms with Crippen molar-refractivity contribution >= 4 is 11.7 Å². The van der Waals surface area contributed by atoms with Gasteiger partial charge in [-0.2, -0.15) is 0 Å². The fourth-order valence-electron chi connectivity index (χ4n) is 5.26. The summed E-state index contributed by atoms with van der Waals surface area (Å²) in [6.07, 6.45) is 7.58. The summed E-state index contributed by atoms with van der Waals surface area (Å²) < 4.78 is 0. The number of fused-ring (bicyclic) bond motifs is 3. The Labute approximate surface area is 172 Å². The maximum atomic E-state index is 12.8. The first-order chi connectivity index (χ1) is 14.2. The topological polar surface area (TPSA) is 49.4 Å². The minimum Gasteiger partial charge on any atom is -0.349 e. The van der Waals surface area contributed by atoms with Crippen molar-refractivity contribution in [3.63, 3.8) is 0 Å². The molecule has 0 radical (unpaired) electrons. The molecule has 2 aliphatic carbocycles. The van der Waals surface area contributed by atoms with Crippen LogP contribution in [0.1, 0.15) is 64.8 Å². The lowest BCUT2D eigenvalue weighted by Crippen LogP contribution is -2.45. The molecule has 4 heteroatoms. The summed E-state index contributed by atoms with van der Waals surface area (Å²) in [6, 6.07) is 13.4. The Morgan fingerprint density at radius 3 is 2.34 bits per heavy atom. The molecule has 3 aliphatic rings. The fraction of sp³-hybridized carbons (Fsp3) is 0.440. The van der Waals surface area contributed by atoms with Gasteiger partial charge in [-0.15, -0.1) is 0 Å². The molecule has 2 aromatic carbocycles. The number of hydrogen-bond acceptors (Lipinski definition) is 3. The van der Waals surface area contributed by atoms with Gasteiger partial charge < -0.3 is 10.2 Å². The van der Waals surface area contributed by atoms with Crippen LogP contribution in [0.25, 0.3) is 11.1 Å². The monoisotopic (exact) mass is 388 g/mol. The molecule has 0 unspecified atom stereocenters. The Balaban J connectivity index is 1.21. The Hall–Kier alpha value is -2.46. The molecule has 29 heavy (non-hydrogen) atoms. The number of benzene rings is 2. The molecule has 4 nitrogen and oxygen atoms in total. The van der Waals surface area contributed by atoms with Gasteiger partial charge in [-0.25, -0.2) is 0 Å². The molecule has 0 atom stereocenters. The summed E-state index contributed by atoms with van der Waals surface area (Å²) in [5, 5.41) is 3.20. The van der Waals surface area contributed by atoms with E-state index in [4.69, 9.17) is 0 Å². The zero-order valence-corrected chi connectivity index (χ0v) is 16.8. The van der Waals surface area contributed by atoms with Crippen molar-refractivity contribution in [3.8, 4) is 11.1 Å². The molecule has 1 heterocycles. The van der Waals surface area contributed by atoms with E-state index in [1.165, 1.54) is 32.2 Å². The van der Waals surface area contributed by atoms with Crippen molar-refractivity contribution in [1.29, 1.82) is 0 Å². The fourth-order valence-corrected chi connectivity index (χ4v) is 5.26. The first-order valence-corrected chi connectivity index (χ1v) is 11.0. The molecule has 1 amide bonds. The van der Waals surface area contributed by atoms with Gasteiger partial charge in [-0.3, -0.25) is 9.59 Å². The quantitative estimate of drug-likeness (QED) is 0.726. The third kappa shape index (κ3) is 3.62. The Bertz CT molecular complexity index is 938. The van der Waals surface area contributed by atoms with E-state index in [9.17, 15) is 9.59 Å². The minimum atomic E-state index is -0.0641. The summed E-state index contributed by atoms with van der Waals surface area (Å²) in [5.74, 6) is 0.838. The molecule has 2 aromatic rings. The minimum absolute atomic E-state index is 0.0190. The summed E-state index contributed by atoms with van der Waals surface area (Å²) in [6.45, 7) is 3.37. The van der Waals surface area contributed by atoms with E-state index >= 15 is 0 Å². The van der Waals surface area contributed by atoms with Gasteiger partial charge in [0.1, 0.15) is 0 Å². The number of likely N-dealkylation sites (tertiary alicyclic amines) is 1. The summed E-state index contributed by atoms with van der Waals surface area (Å²) in [4.78, 5) is 28.1. The lowest BCUT2D eigenvalue weighted by Gasteiger charge is -2.33. The van der Waals surface area contributed by atoms with Crippen LogP contribution in [0.2, 0.25) is 0 Å². The van der Waals surface area contributed by atoms with Crippen LogP contribution in [-0.4, -0.2) is 42.3 Å². The molecule has 150 valence electrons. The third-order valence-corrected chi connectivity index (χ3v) is 6.90. The Kier molecular flexibility index (Phi) is 4.96. The van der Waals surface area contributed by atoms with Gasteiger partial charge in [0.25, 0.3) is 5.91 Å². The second-order valence-electron chi connectivity index (χ2n) is 8.83. The summed E-state index contributed by atoms with van der Waals surface area (Å²) >= 11 is 0. The molecule has 1 saturated carbocycles. The standard InChI is InChI=1S/C25H28N2O2/c28-24-22-8-4-3-7-20(22)21-10-9-18(15-23(21)24)25(29)26-19-11-13-27(14-12-19)16-17-5-1-2-6-17/h3-4,7-10,15,17,19H,1-2,5-6,11-14,16H2,(H,26,29). The summed E-state index contributed by atoms with van der Waals surface area (Å²) in [5.41, 5.74) is 3.86. The van der Waals surface area contributed by atoms with Gasteiger partial charge in [0.15, 0.2) is 5.78 Å². The molecular formula is C25H28N2O2. The van der Waals surface area contributed by atoms with Gasteiger partial charge >= 0.3 is 0 Å². The predicted molar refractivity (Wildman–Crippen MR) is 114 cm³/mol. The van der Waals surface area contributed by atoms with E-state index in [1.54, 1.807) is 6.07 Å². The van der Waals surface area contributed by atoms with Crippen molar-refractivity contribution < 1.29 is 9.59 Å². The van der Waals surface area contributed by atoms with Crippen molar-refractivity contribution in [2.24, 2.45) is 5.92 Å². The molecule has 1 saturated heterocycles. The number of piperidine rings is 1. The van der Waals surface area contributed by atoms with Crippen LogP contribution in [0.3, 0.4) is 0 Å². The molecule has 0 bridgehead atoms. The number of nitrogens with zero attached hydrogens (tertiary/aromatic N) is 1. The van der Waals surface area contributed by atoms with Gasteiger partial charge in [0.2, 0.25) is 0 Å². The molecule has 0 spiro atoms. The van der Waals surface area contributed by atoms with Gasteiger partial charge in [0.05, 0.1) is 0 Å². The highest BCUT2D eigenvalue weighted by Gasteiger charge is 2.28. The Morgan fingerprint density at radius 2 is 1.59 bits per heavy atom. The number of ketones is 1. The molecule has 0 aromatic heterocycles. The second-order valence-corrected chi connectivity index (χ2v) is 8.83. The first kappa shape index (κ1) is 18.6. The maximum absolute atomic E-state index is 12.8. The van der Waals surface area contributed by atoms with Gasteiger partial charge in [0, 0.05) is 42.4 Å². The van der Waals surface area contributed by atoms with Crippen molar-refractivity contribution in [1.82, 2.24) is 10.2 Å². The average molecular weight is 389 g/mol. The van der Waals surface area contributed by atoms with E-state index in [1.807, 2.05) is 36.4 Å². The average Bonchev–Trinajstić information content (AvgIpc) is 3.36. The number of rotatable bonds is 4. The molecule has 1 N–H and O–H groups in total. The smallest absolute Gasteiger partial charge is 0.251 e. The van der Waals surface area contributed by atoms with Crippen LogP contribution in [-0.2, 0) is 0 Å². The van der Waals surface area contributed by atoms with Crippen molar-refractivity contribution in [2.75, 3.05) is 19.6 Å². The van der Waals surface area contributed by atoms with Crippen LogP contribution in [0.5, 0.6) is 0 Å². The lowest BCUT2D eigenvalue weighted by atomic mass is 10.0. The number of hydrogen-bond donors (Lipinski definition) is 1. The van der Waals surface area contributed by atoms with E-state index < -0.39 is 0 Å². The number of carbonyl (C=O) groups excluding carboxylic acids is 2. The van der Waals surface area contributed by atoms with E-state index in [0.29, 0.717) is 11.1 Å². The lowest BCUT2D eigenvalue weighted by molar-refractivity contribution is 0.0905. The number of carbonyl (C=O) groups is 2. The van der Waals surface area contributed by atoms with Crippen LogP contribution < -0.4 is 5.32 Å². The largest absolute Gasteiger partial charge is 0.349 e. The SMILES string of the molecule is O=C(NC1CCN(CC2CCCC2)CC1)c1ccc2c(c1)C(=O)c1ccccc1-2. The first-order valence-electron chi connectivity index (χ1n) is 11.0.